The summed E-state index contributed by atoms with van der Waals surface area (Å²) in [6, 6.07) is 9.28. The molecule has 0 aliphatic carbocycles. The third-order valence-electron chi connectivity index (χ3n) is 3.44. The van der Waals surface area contributed by atoms with Crippen LogP contribution < -0.4 is 5.32 Å². The van der Waals surface area contributed by atoms with Crippen LogP contribution in [0, 0.1) is 5.82 Å². The van der Waals surface area contributed by atoms with Crippen molar-refractivity contribution in [3.05, 3.63) is 57.0 Å². The number of rotatable bonds is 7. The van der Waals surface area contributed by atoms with Gasteiger partial charge < -0.3 is 5.32 Å². The van der Waals surface area contributed by atoms with Gasteiger partial charge in [0.25, 0.3) is 0 Å². The standard InChI is InChI=1S/C16H19ClFNS/c1-19-14(4-2-5-15-6-3-9-20-15)11-12-10-13(17)7-8-16(12)18/h3,6-10,14,19H,2,4-5,11H2,1H3. The Bertz CT molecular complexity index is 527. The van der Waals surface area contributed by atoms with E-state index in [0.717, 1.165) is 19.3 Å². The molecular formula is C16H19ClFNS. The molecule has 0 radical (unpaired) electrons. The lowest BCUT2D eigenvalue weighted by Crippen LogP contribution is -2.28. The van der Waals surface area contributed by atoms with Crippen LogP contribution in [-0.2, 0) is 12.8 Å². The highest BCUT2D eigenvalue weighted by Gasteiger charge is 2.11. The fourth-order valence-corrected chi connectivity index (χ4v) is 3.24. The second-order valence-electron chi connectivity index (χ2n) is 4.90. The summed E-state index contributed by atoms with van der Waals surface area (Å²) in [4.78, 5) is 1.41. The summed E-state index contributed by atoms with van der Waals surface area (Å²) in [7, 11) is 1.93. The van der Waals surface area contributed by atoms with Crippen LogP contribution in [0.1, 0.15) is 23.3 Å². The van der Waals surface area contributed by atoms with Gasteiger partial charge in [0.15, 0.2) is 0 Å². The van der Waals surface area contributed by atoms with Crippen molar-refractivity contribution in [2.45, 2.75) is 31.7 Å². The molecule has 0 saturated heterocycles. The summed E-state index contributed by atoms with van der Waals surface area (Å²) in [5, 5.41) is 5.97. The Labute approximate surface area is 128 Å². The van der Waals surface area contributed by atoms with Crippen LogP contribution in [0.3, 0.4) is 0 Å². The second kappa shape index (κ2) is 7.77. The zero-order valence-corrected chi connectivity index (χ0v) is 13.1. The Hall–Kier alpha value is -0.900. The number of benzene rings is 1. The molecule has 0 amide bonds. The van der Waals surface area contributed by atoms with E-state index < -0.39 is 0 Å². The van der Waals surface area contributed by atoms with E-state index in [1.165, 1.54) is 10.9 Å². The van der Waals surface area contributed by atoms with E-state index in [-0.39, 0.29) is 11.9 Å². The van der Waals surface area contributed by atoms with E-state index >= 15 is 0 Å². The fourth-order valence-electron chi connectivity index (χ4n) is 2.29. The van der Waals surface area contributed by atoms with Crippen molar-refractivity contribution >= 4 is 22.9 Å². The number of thiophene rings is 1. The van der Waals surface area contributed by atoms with E-state index in [0.29, 0.717) is 17.0 Å². The predicted octanol–water partition coefficient (Wildman–Crippen LogP) is 4.69. The Kier molecular flexibility index (Phi) is 6.02. The maximum atomic E-state index is 13.7. The molecule has 0 bridgehead atoms. The Morgan fingerprint density at radius 2 is 2.20 bits per heavy atom. The molecule has 1 nitrogen and oxygen atoms in total. The number of hydrogen-bond acceptors (Lipinski definition) is 2. The van der Waals surface area contributed by atoms with Gasteiger partial charge in [-0.1, -0.05) is 17.7 Å². The minimum Gasteiger partial charge on any atom is -0.317 e. The molecule has 1 unspecified atom stereocenters. The molecule has 20 heavy (non-hydrogen) atoms. The highest BCUT2D eigenvalue weighted by atomic mass is 35.5. The van der Waals surface area contributed by atoms with Crippen LogP contribution in [-0.4, -0.2) is 13.1 Å². The molecule has 1 N–H and O–H groups in total. The average molecular weight is 312 g/mol. The van der Waals surface area contributed by atoms with Crippen molar-refractivity contribution in [1.29, 1.82) is 0 Å². The van der Waals surface area contributed by atoms with E-state index in [9.17, 15) is 4.39 Å². The molecule has 4 heteroatoms. The van der Waals surface area contributed by atoms with E-state index in [4.69, 9.17) is 11.6 Å². The minimum atomic E-state index is -0.173. The van der Waals surface area contributed by atoms with Gasteiger partial charge >= 0.3 is 0 Å². The maximum absolute atomic E-state index is 13.7. The van der Waals surface area contributed by atoms with Crippen molar-refractivity contribution in [2.75, 3.05) is 7.05 Å². The number of aryl methyl sites for hydroxylation is 1. The van der Waals surface area contributed by atoms with Crippen molar-refractivity contribution in [3.8, 4) is 0 Å². The van der Waals surface area contributed by atoms with E-state index in [1.54, 1.807) is 23.5 Å². The van der Waals surface area contributed by atoms with Gasteiger partial charge in [0.1, 0.15) is 5.82 Å². The van der Waals surface area contributed by atoms with Gasteiger partial charge in [0.05, 0.1) is 0 Å². The van der Waals surface area contributed by atoms with Crippen LogP contribution in [0.15, 0.2) is 35.7 Å². The van der Waals surface area contributed by atoms with Gasteiger partial charge in [-0.2, -0.15) is 0 Å². The van der Waals surface area contributed by atoms with Crippen molar-refractivity contribution < 1.29 is 4.39 Å². The largest absolute Gasteiger partial charge is 0.317 e. The van der Waals surface area contributed by atoms with Crippen LogP contribution in [0.25, 0.3) is 0 Å². The van der Waals surface area contributed by atoms with E-state index in [1.807, 2.05) is 7.05 Å². The molecule has 0 aliphatic rings. The average Bonchev–Trinajstić information content (AvgIpc) is 2.94. The number of hydrogen-bond donors (Lipinski definition) is 1. The fraction of sp³-hybridized carbons (Fsp3) is 0.375. The van der Waals surface area contributed by atoms with Gasteiger partial charge in [-0.15, -0.1) is 11.3 Å². The number of halogens is 2. The first kappa shape index (κ1) is 15.5. The highest BCUT2D eigenvalue weighted by Crippen LogP contribution is 2.18. The van der Waals surface area contributed by atoms with Crippen molar-refractivity contribution in [3.63, 3.8) is 0 Å². The second-order valence-corrected chi connectivity index (χ2v) is 6.37. The third kappa shape index (κ3) is 4.58. The van der Waals surface area contributed by atoms with Gasteiger partial charge in [0, 0.05) is 15.9 Å². The molecule has 2 aromatic rings. The molecule has 1 atom stereocenters. The van der Waals surface area contributed by atoms with Crippen LogP contribution in [0.2, 0.25) is 5.02 Å². The summed E-state index contributed by atoms with van der Waals surface area (Å²) in [5.74, 6) is -0.173. The molecule has 108 valence electrons. The Morgan fingerprint density at radius 3 is 2.90 bits per heavy atom. The zero-order chi connectivity index (χ0) is 14.4. The molecule has 2 rings (SSSR count). The lowest BCUT2D eigenvalue weighted by Gasteiger charge is -2.16. The highest BCUT2D eigenvalue weighted by molar-refractivity contribution is 7.09. The van der Waals surface area contributed by atoms with Gasteiger partial charge in [-0.25, -0.2) is 4.39 Å². The lowest BCUT2D eigenvalue weighted by molar-refractivity contribution is 0.490. The van der Waals surface area contributed by atoms with Crippen LogP contribution in [0.4, 0.5) is 4.39 Å². The number of likely N-dealkylation sites (N-methyl/N-ethyl adjacent to an activating group) is 1. The topological polar surface area (TPSA) is 12.0 Å². The molecule has 0 fully saturated rings. The number of nitrogens with one attached hydrogen (secondary N) is 1. The summed E-state index contributed by atoms with van der Waals surface area (Å²) in [6.45, 7) is 0. The first-order valence-electron chi connectivity index (χ1n) is 6.82. The van der Waals surface area contributed by atoms with Crippen molar-refractivity contribution in [2.24, 2.45) is 0 Å². The lowest BCUT2D eigenvalue weighted by atomic mass is 10.0. The first-order valence-corrected chi connectivity index (χ1v) is 8.08. The summed E-state index contributed by atoms with van der Waals surface area (Å²) in [5.41, 5.74) is 0.688. The van der Waals surface area contributed by atoms with Crippen LogP contribution >= 0.6 is 22.9 Å². The van der Waals surface area contributed by atoms with Gasteiger partial charge in [0.2, 0.25) is 0 Å². The van der Waals surface area contributed by atoms with Crippen molar-refractivity contribution in [1.82, 2.24) is 5.32 Å². The van der Waals surface area contributed by atoms with E-state index in [2.05, 4.69) is 22.8 Å². The normalized spacial score (nSPS) is 12.6. The molecule has 1 heterocycles. The Balaban J connectivity index is 1.86. The monoisotopic (exact) mass is 311 g/mol. The predicted molar refractivity (Wildman–Crippen MR) is 85.2 cm³/mol. The summed E-state index contributed by atoms with van der Waals surface area (Å²) in [6.07, 6.45) is 3.90. The molecule has 1 aromatic heterocycles. The van der Waals surface area contributed by atoms with Gasteiger partial charge in [-0.05, 0) is 67.9 Å². The third-order valence-corrected chi connectivity index (χ3v) is 4.61. The SMILES string of the molecule is CNC(CCCc1cccs1)Cc1cc(Cl)ccc1F. The molecule has 0 spiro atoms. The Morgan fingerprint density at radius 1 is 1.35 bits per heavy atom. The summed E-state index contributed by atoms with van der Waals surface area (Å²) >= 11 is 7.72. The maximum Gasteiger partial charge on any atom is 0.126 e. The first-order chi connectivity index (χ1) is 9.69. The summed E-state index contributed by atoms with van der Waals surface area (Å²) < 4.78 is 13.7. The molecule has 0 aliphatic heterocycles. The minimum absolute atomic E-state index is 0.173. The smallest absolute Gasteiger partial charge is 0.126 e. The molecule has 0 saturated carbocycles. The van der Waals surface area contributed by atoms with Gasteiger partial charge in [-0.3, -0.25) is 0 Å². The van der Waals surface area contributed by atoms with Crippen LogP contribution in [0.5, 0.6) is 0 Å². The zero-order valence-electron chi connectivity index (χ0n) is 11.5. The molecule has 1 aromatic carbocycles. The quantitative estimate of drug-likeness (QED) is 0.782. The molecular weight excluding hydrogens is 293 g/mol.